The summed E-state index contributed by atoms with van der Waals surface area (Å²) in [7, 11) is 0. The number of aryl methyl sites for hydroxylation is 2. The molecule has 1 aliphatic rings. The number of nitrogens with zero attached hydrogens (tertiary/aromatic N) is 1. The van der Waals surface area contributed by atoms with Crippen LogP contribution < -0.4 is 0 Å². The fourth-order valence-corrected chi connectivity index (χ4v) is 1.86. The van der Waals surface area contributed by atoms with Gasteiger partial charge in [-0.15, -0.1) is 0 Å². The number of pyridine rings is 1. The van der Waals surface area contributed by atoms with E-state index in [1.54, 1.807) is 0 Å². The standard InChI is InChI=1S/C12H17NO/c1-8-5-9(2)12(13-7-8)11(14)6-10-3-4-10/h5,7,10-11,14H,3-4,6H2,1-2H3. The molecule has 1 aromatic heterocycles. The number of hydrogen-bond acceptors (Lipinski definition) is 2. The van der Waals surface area contributed by atoms with E-state index in [1.807, 2.05) is 20.0 Å². The van der Waals surface area contributed by atoms with Crippen molar-refractivity contribution in [1.82, 2.24) is 4.98 Å². The second kappa shape index (κ2) is 3.70. The van der Waals surface area contributed by atoms with Crippen LogP contribution in [0.3, 0.4) is 0 Å². The molecule has 1 heterocycles. The van der Waals surface area contributed by atoms with E-state index >= 15 is 0 Å². The first-order valence-electron chi connectivity index (χ1n) is 5.28. The minimum absolute atomic E-state index is 0.358. The van der Waals surface area contributed by atoms with Gasteiger partial charge in [0.1, 0.15) is 0 Å². The van der Waals surface area contributed by atoms with Gasteiger partial charge in [-0.25, -0.2) is 0 Å². The molecule has 0 saturated heterocycles. The molecular weight excluding hydrogens is 174 g/mol. The number of aromatic nitrogens is 1. The maximum Gasteiger partial charge on any atom is 0.0965 e. The average molecular weight is 191 g/mol. The third-order valence-electron chi connectivity index (χ3n) is 2.82. The molecule has 1 saturated carbocycles. The van der Waals surface area contributed by atoms with Crippen LogP contribution in [0.1, 0.15) is 42.2 Å². The number of rotatable bonds is 3. The van der Waals surface area contributed by atoms with Crippen LogP contribution in [0, 0.1) is 19.8 Å². The highest BCUT2D eigenvalue weighted by Gasteiger charge is 2.26. The monoisotopic (exact) mass is 191 g/mol. The Hall–Kier alpha value is -0.890. The van der Waals surface area contributed by atoms with Gasteiger partial charge in [0.15, 0.2) is 0 Å². The first kappa shape index (κ1) is 9.66. The Kier molecular flexibility index (Phi) is 2.55. The first-order chi connectivity index (χ1) is 6.66. The Morgan fingerprint density at radius 2 is 2.21 bits per heavy atom. The molecule has 1 N–H and O–H groups in total. The third kappa shape index (κ3) is 2.13. The zero-order chi connectivity index (χ0) is 10.1. The molecule has 1 unspecified atom stereocenters. The highest BCUT2D eigenvalue weighted by Crippen LogP contribution is 2.37. The molecule has 2 heteroatoms. The Morgan fingerprint density at radius 3 is 2.79 bits per heavy atom. The highest BCUT2D eigenvalue weighted by molar-refractivity contribution is 5.24. The molecule has 1 aromatic rings. The van der Waals surface area contributed by atoms with Crippen molar-refractivity contribution in [3.8, 4) is 0 Å². The second-order valence-electron chi connectivity index (χ2n) is 4.41. The summed E-state index contributed by atoms with van der Waals surface area (Å²) in [5, 5.41) is 9.94. The van der Waals surface area contributed by atoms with E-state index in [9.17, 15) is 5.11 Å². The predicted molar refractivity (Wildman–Crippen MR) is 56.0 cm³/mol. The van der Waals surface area contributed by atoms with Gasteiger partial charge in [0.05, 0.1) is 11.8 Å². The maximum absolute atomic E-state index is 9.94. The molecule has 76 valence electrons. The number of aliphatic hydroxyl groups is 1. The maximum atomic E-state index is 9.94. The van der Waals surface area contributed by atoms with Gasteiger partial charge in [-0.1, -0.05) is 18.9 Å². The lowest BCUT2D eigenvalue weighted by Gasteiger charge is -2.12. The first-order valence-corrected chi connectivity index (χ1v) is 5.28. The highest BCUT2D eigenvalue weighted by atomic mass is 16.3. The second-order valence-corrected chi connectivity index (χ2v) is 4.41. The topological polar surface area (TPSA) is 33.1 Å². The summed E-state index contributed by atoms with van der Waals surface area (Å²) in [6.45, 7) is 4.04. The largest absolute Gasteiger partial charge is 0.387 e. The summed E-state index contributed by atoms with van der Waals surface area (Å²) in [4.78, 5) is 4.31. The van der Waals surface area contributed by atoms with E-state index in [-0.39, 0.29) is 6.10 Å². The Balaban J connectivity index is 2.13. The van der Waals surface area contributed by atoms with Crippen LogP contribution in [0.2, 0.25) is 0 Å². The van der Waals surface area contributed by atoms with Crippen LogP contribution in [-0.4, -0.2) is 10.1 Å². The van der Waals surface area contributed by atoms with Crippen molar-refractivity contribution >= 4 is 0 Å². The number of hydrogen-bond donors (Lipinski definition) is 1. The lowest BCUT2D eigenvalue weighted by atomic mass is 10.0. The van der Waals surface area contributed by atoms with Gasteiger partial charge in [-0.3, -0.25) is 4.98 Å². The fraction of sp³-hybridized carbons (Fsp3) is 0.583. The Bertz CT molecular complexity index is 331. The van der Waals surface area contributed by atoms with Gasteiger partial charge in [0, 0.05) is 6.20 Å². The lowest BCUT2D eigenvalue weighted by molar-refractivity contribution is 0.155. The van der Waals surface area contributed by atoms with Crippen molar-refractivity contribution in [1.29, 1.82) is 0 Å². The normalized spacial score (nSPS) is 18.2. The summed E-state index contributed by atoms with van der Waals surface area (Å²) >= 11 is 0. The molecule has 0 aliphatic heterocycles. The lowest BCUT2D eigenvalue weighted by Crippen LogP contribution is -2.04. The van der Waals surface area contributed by atoms with E-state index in [1.165, 1.54) is 12.8 Å². The van der Waals surface area contributed by atoms with Crippen molar-refractivity contribution in [3.63, 3.8) is 0 Å². The van der Waals surface area contributed by atoms with E-state index in [0.717, 1.165) is 29.2 Å². The molecule has 2 nitrogen and oxygen atoms in total. The summed E-state index contributed by atoms with van der Waals surface area (Å²) in [6, 6.07) is 2.08. The average Bonchev–Trinajstić information content (AvgIpc) is 2.87. The third-order valence-corrected chi connectivity index (χ3v) is 2.82. The number of aliphatic hydroxyl groups excluding tert-OH is 1. The molecule has 2 rings (SSSR count). The molecule has 0 aromatic carbocycles. The zero-order valence-corrected chi connectivity index (χ0v) is 8.83. The van der Waals surface area contributed by atoms with Crippen LogP contribution in [0.25, 0.3) is 0 Å². The van der Waals surface area contributed by atoms with E-state index in [2.05, 4.69) is 11.1 Å². The molecule has 0 spiro atoms. The van der Waals surface area contributed by atoms with E-state index in [0.29, 0.717) is 0 Å². The summed E-state index contributed by atoms with van der Waals surface area (Å²) in [6.07, 6.45) is 4.92. The molecular formula is C12H17NO. The SMILES string of the molecule is Cc1cnc(C(O)CC2CC2)c(C)c1. The molecule has 1 aliphatic carbocycles. The summed E-state index contributed by atoms with van der Waals surface area (Å²) < 4.78 is 0. The fourth-order valence-electron chi connectivity index (χ4n) is 1.86. The van der Waals surface area contributed by atoms with E-state index < -0.39 is 0 Å². The molecule has 0 radical (unpaired) electrons. The van der Waals surface area contributed by atoms with Crippen molar-refractivity contribution in [2.75, 3.05) is 0 Å². The van der Waals surface area contributed by atoms with Crippen molar-refractivity contribution < 1.29 is 5.11 Å². The zero-order valence-electron chi connectivity index (χ0n) is 8.83. The van der Waals surface area contributed by atoms with Crippen molar-refractivity contribution in [3.05, 3.63) is 29.1 Å². The van der Waals surface area contributed by atoms with Crippen LogP contribution in [0.5, 0.6) is 0 Å². The van der Waals surface area contributed by atoms with Crippen LogP contribution in [0.15, 0.2) is 12.3 Å². The molecule has 1 fully saturated rings. The van der Waals surface area contributed by atoms with Gasteiger partial charge in [0.2, 0.25) is 0 Å². The summed E-state index contributed by atoms with van der Waals surface area (Å²) in [5.74, 6) is 0.743. The van der Waals surface area contributed by atoms with Gasteiger partial charge in [-0.05, 0) is 37.3 Å². The van der Waals surface area contributed by atoms with E-state index in [4.69, 9.17) is 0 Å². The quantitative estimate of drug-likeness (QED) is 0.796. The van der Waals surface area contributed by atoms with Crippen molar-refractivity contribution in [2.24, 2.45) is 5.92 Å². The summed E-state index contributed by atoms with van der Waals surface area (Å²) in [5.41, 5.74) is 3.13. The van der Waals surface area contributed by atoms with Crippen molar-refractivity contribution in [2.45, 2.75) is 39.2 Å². The Labute approximate surface area is 85.0 Å². The minimum Gasteiger partial charge on any atom is -0.387 e. The van der Waals surface area contributed by atoms with Gasteiger partial charge < -0.3 is 5.11 Å². The van der Waals surface area contributed by atoms with Crippen LogP contribution >= 0.6 is 0 Å². The smallest absolute Gasteiger partial charge is 0.0965 e. The van der Waals surface area contributed by atoms with Gasteiger partial charge in [0.25, 0.3) is 0 Å². The van der Waals surface area contributed by atoms with Gasteiger partial charge in [-0.2, -0.15) is 0 Å². The van der Waals surface area contributed by atoms with Crippen LogP contribution in [0.4, 0.5) is 0 Å². The van der Waals surface area contributed by atoms with Crippen LogP contribution in [-0.2, 0) is 0 Å². The minimum atomic E-state index is -0.358. The predicted octanol–water partition coefficient (Wildman–Crippen LogP) is 2.53. The van der Waals surface area contributed by atoms with Gasteiger partial charge >= 0.3 is 0 Å². The Morgan fingerprint density at radius 1 is 1.50 bits per heavy atom. The molecule has 0 bridgehead atoms. The molecule has 1 atom stereocenters. The molecule has 14 heavy (non-hydrogen) atoms. The molecule has 0 amide bonds.